The van der Waals surface area contributed by atoms with Gasteiger partial charge in [-0.3, -0.25) is 0 Å². The molecule has 0 bridgehead atoms. The van der Waals surface area contributed by atoms with Crippen LogP contribution in [0.5, 0.6) is 0 Å². The summed E-state index contributed by atoms with van der Waals surface area (Å²) in [7, 11) is 0. The van der Waals surface area contributed by atoms with Gasteiger partial charge in [-0.1, -0.05) is 6.07 Å². The number of nitriles is 3. The molecule has 0 saturated heterocycles. The molecule has 0 unspecified atom stereocenters. The highest BCUT2D eigenvalue weighted by Crippen LogP contribution is 2.17. The molecule has 0 spiro atoms. The summed E-state index contributed by atoms with van der Waals surface area (Å²) in [4.78, 5) is 11.0. The van der Waals surface area contributed by atoms with E-state index in [1.165, 1.54) is 6.07 Å². The summed E-state index contributed by atoms with van der Waals surface area (Å²) >= 11 is 0. The highest BCUT2D eigenvalue weighted by atomic mass is 16.4. The first kappa shape index (κ1) is 13.8. The second-order valence-corrected chi connectivity index (χ2v) is 3.55. The molecule has 6 heteroatoms. The van der Waals surface area contributed by atoms with Gasteiger partial charge in [0.25, 0.3) is 0 Å². The van der Waals surface area contributed by atoms with Crippen LogP contribution in [0.15, 0.2) is 29.5 Å². The Bertz CT molecular complexity index is 668. The number of rotatable bonds is 3. The fraction of sp³-hybridized carbons (Fsp3) is 0.0769. The van der Waals surface area contributed by atoms with Crippen LogP contribution in [-0.4, -0.2) is 11.1 Å². The predicted octanol–water partition coefficient (Wildman–Crippen LogP) is 1.93. The number of hydrogen-bond acceptors (Lipinski definition) is 5. The number of nitrogens with zero attached hydrogens (tertiary/aromatic N) is 3. The monoisotopic (exact) mass is 252 g/mol. The Hall–Kier alpha value is -3.30. The van der Waals surface area contributed by atoms with Crippen molar-refractivity contribution in [2.24, 2.45) is 0 Å². The molecule has 0 aromatic heterocycles. The van der Waals surface area contributed by atoms with Crippen LogP contribution in [0.1, 0.15) is 15.9 Å². The normalized spacial score (nSPS) is 8.53. The van der Waals surface area contributed by atoms with Crippen molar-refractivity contribution in [3.8, 4) is 18.2 Å². The minimum atomic E-state index is -1.09. The molecular formula is C13H8N4O2. The molecule has 0 atom stereocenters. The number of carbonyl (C=O) groups is 1. The van der Waals surface area contributed by atoms with Crippen LogP contribution >= 0.6 is 0 Å². The highest BCUT2D eigenvalue weighted by Gasteiger charge is 2.10. The van der Waals surface area contributed by atoms with Gasteiger partial charge >= 0.3 is 5.97 Å². The molecule has 0 aliphatic rings. The summed E-state index contributed by atoms with van der Waals surface area (Å²) in [5.74, 6) is -1.09. The van der Waals surface area contributed by atoms with Gasteiger partial charge in [0, 0.05) is 5.69 Å². The average Bonchev–Trinajstić information content (AvgIpc) is 2.40. The number of carboxylic acids is 1. The third-order valence-corrected chi connectivity index (χ3v) is 2.32. The summed E-state index contributed by atoms with van der Waals surface area (Å²) in [6.07, 6.45) is 0. The molecule has 0 radical (unpaired) electrons. The summed E-state index contributed by atoms with van der Waals surface area (Å²) < 4.78 is 0. The lowest BCUT2D eigenvalue weighted by Crippen LogP contribution is -2.04. The van der Waals surface area contributed by atoms with Crippen LogP contribution in [0.4, 0.5) is 5.69 Å². The first-order chi connectivity index (χ1) is 9.03. The van der Waals surface area contributed by atoms with E-state index in [1.54, 1.807) is 37.3 Å². The van der Waals surface area contributed by atoms with Crippen molar-refractivity contribution < 1.29 is 9.90 Å². The molecule has 19 heavy (non-hydrogen) atoms. The molecule has 0 saturated carbocycles. The van der Waals surface area contributed by atoms with E-state index >= 15 is 0 Å². The van der Waals surface area contributed by atoms with Gasteiger partial charge in [-0.15, -0.1) is 0 Å². The van der Waals surface area contributed by atoms with Gasteiger partial charge in [0.2, 0.25) is 0 Å². The molecule has 92 valence electrons. The summed E-state index contributed by atoms with van der Waals surface area (Å²) in [6, 6.07) is 9.33. The lowest BCUT2D eigenvalue weighted by Gasteiger charge is -2.07. The molecule has 0 fully saturated rings. The maximum Gasteiger partial charge on any atom is 0.336 e. The molecule has 6 nitrogen and oxygen atoms in total. The summed E-state index contributed by atoms with van der Waals surface area (Å²) in [6.45, 7) is 1.64. The fourth-order valence-corrected chi connectivity index (χ4v) is 1.36. The standard InChI is InChI=1S/C13H8N4O2/c1-8-2-3-10(4-11(8)13(18)19)17-12(7-16)9(5-14)6-15/h2-4,17H,1H3,(H,18,19). The Balaban J connectivity index is 3.22. The third-order valence-electron chi connectivity index (χ3n) is 2.32. The quantitative estimate of drug-likeness (QED) is 0.793. The fourth-order valence-electron chi connectivity index (χ4n) is 1.36. The Labute approximate surface area is 109 Å². The number of nitrogens with one attached hydrogen (secondary N) is 1. The Morgan fingerprint density at radius 1 is 1.21 bits per heavy atom. The maximum absolute atomic E-state index is 11.0. The van der Waals surface area contributed by atoms with E-state index in [-0.39, 0.29) is 16.8 Å². The van der Waals surface area contributed by atoms with E-state index in [0.29, 0.717) is 11.3 Å². The first-order valence-corrected chi connectivity index (χ1v) is 5.09. The van der Waals surface area contributed by atoms with Crippen LogP contribution in [-0.2, 0) is 0 Å². The summed E-state index contributed by atoms with van der Waals surface area (Å²) in [5, 5.41) is 37.8. The Morgan fingerprint density at radius 3 is 2.32 bits per heavy atom. The second-order valence-electron chi connectivity index (χ2n) is 3.55. The van der Waals surface area contributed by atoms with Crippen molar-refractivity contribution in [2.75, 3.05) is 5.32 Å². The number of aromatic carboxylic acids is 1. The minimum Gasteiger partial charge on any atom is -0.478 e. The molecule has 1 rings (SSSR count). The largest absolute Gasteiger partial charge is 0.478 e. The third kappa shape index (κ3) is 3.09. The van der Waals surface area contributed by atoms with Crippen molar-refractivity contribution in [1.29, 1.82) is 15.8 Å². The minimum absolute atomic E-state index is 0.0813. The van der Waals surface area contributed by atoms with Gasteiger partial charge in [0.1, 0.15) is 23.9 Å². The van der Waals surface area contributed by atoms with Crippen molar-refractivity contribution in [2.45, 2.75) is 6.92 Å². The SMILES string of the molecule is Cc1ccc(NC(C#N)=C(C#N)C#N)cc1C(=O)O. The molecule has 0 amide bonds. The Kier molecular flexibility index (Phi) is 4.24. The van der Waals surface area contributed by atoms with Gasteiger partial charge in [0.15, 0.2) is 5.57 Å². The number of carboxylic acid groups (broad SMARTS) is 1. The summed E-state index contributed by atoms with van der Waals surface area (Å²) in [5.41, 5.74) is 0.395. The van der Waals surface area contributed by atoms with Gasteiger partial charge in [0.05, 0.1) is 5.56 Å². The topological polar surface area (TPSA) is 121 Å². The number of benzene rings is 1. The van der Waals surface area contributed by atoms with E-state index in [4.69, 9.17) is 20.9 Å². The van der Waals surface area contributed by atoms with Crippen LogP contribution < -0.4 is 5.32 Å². The van der Waals surface area contributed by atoms with Crippen molar-refractivity contribution >= 4 is 11.7 Å². The smallest absolute Gasteiger partial charge is 0.336 e. The lowest BCUT2D eigenvalue weighted by molar-refractivity contribution is 0.0696. The number of aryl methyl sites for hydroxylation is 1. The lowest BCUT2D eigenvalue weighted by atomic mass is 10.1. The molecule has 0 aliphatic heterocycles. The maximum atomic E-state index is 11.0. The molecular weight excluding hydrogens is 244 g/mol. The number of hydrogen-bond donors (Lipinski definition) is 2. The van der Waals surface area contributed by atoms with E-state index in [2.05, 4.69) is 5.32 Å². The van der Waals surface area contributed by atoms with Gasteiger partial charge in [-0.25, -0.2) is 4.79 Å². The van der Waals surface area contributed by atoms with Crippen LogP contribution in [0.25, 0.3) is 0 Å². The van der Waals surface area contributed by atoms with Crippen molar-refractivity contribution in [3.05, 3.63) is 40.6 Å². The number of allylic oxidation sites excluding steroid dienone is 2. The first-order valence-electron chi connectivity index (χ1n) is 5.09. The molecule has 2 N–H and O–H groups in total. The molecule has 1 aromatic carbocycles. The van der Waals surface area contributed by atoms with Crippen LogP contribution in [0.2, 0.25) is 0 Å². The van der Waals surface area contributed by atoms with Gasteiger partial charge in [-0.05, 0) is 24.6 Å². The molecule has 0 aliphatic carbocycles. The molecule has 0 heterocycles. The van der Waals surface area contributed by atoms with E-state index in [0.717, 1.165) is 0 Å². The van der Waals surface area contributed by atoms with Crippen LogP contribution in [0.3, 0.4) is 0 Å². The van der Waals surface area contributed by atoms with E-state index < -0.39 is 5.97 Å². The van der Waals surface area contributed by atoms with Crippen molar-refractivity contribution in [3.63, 3.8) is 0 Å². The van der Waals surface area contributed by atoms with Gasteiger partial charge in [-0.2, -0.15) is 15.8 Å². The zero-order valence-corrected chi connectivity index (χ0v) is 9.93. The van der Waals surface area contributed by atoms with Gasteiger partial charge < -0.3 is 10.4 Å². The number of anilines is 1. The molecule has 1 aromatic rings. The van der Waals surface area contributed by atoms with E-state index in [1.807, 2.05) is 0 Å². The van der Waals surface area contributed by atoms with Crippen LogP contribution in [0, 0.1) is 40.9 Å². The average molecular weight is 252 g/mol. The zero-order chi connectivity index (χ0) is 14.4. The Morgan fingerprint density at radius 2 is 1.84 bits per heavy atom. The highest BCUT2D eigenvalue weighted by molar-refractivity contribution is 5.90. The predicted molar refractivity (Wildman–Crippen MR) is 65.6 cm³/mol. The second kappa shape index (κ2) is 5.86. The zero-order valence-electron chi connectivity index (χ0n) is 9.93. The van der Waals surface area contributed by atoms with E-state index in [9.17, 15) is 4.79 Å². The van der Waals surface area contributed by atoms with Crippen molar-refractivity contribution in [1.82, 2.24) is 0 Å².